The smallest absolute Gasteiger partial charge is 0.317 e. The summed E-state index contributed by atoms with van der Waals surface area (Å²) in [6, 6.07) is 8.94. The fourth-order valence-electron chi connectivity index (χ4n) is 2.25. The van der Waals surface area contributed by atoms with Crippen molar-refractivity contribution in [2.24, 2.45) is 0 Å². The average molecular weight is 463 g/mol. The van der Waals surface area contributed by atoms with E-state index in [1.165, 1.54) is 0 Å². The highest BCUT2D eigenvalue weighted by Gasteiger charge is 2.14. The van der Waals surface area contributed by atoms with E-state index in [4.69, 9.17) is 37.8 Å². The maximum atomic E-state index is 10.6. The van der Waals surface area contributed by atoms with E-state index in [1.807, 2.05) is 19.1 Å². The zero-order chi connectivity index (χ0) is 19.1. The summed E-state index contributed by atoms with van der Waals surface area (Å²) in [6.45, 7) is 2.79. The lowest BCUT2D eigenvalue weighted by Gasteiger charge is -2.16. The second-order valence-corrected chi connectivity index (χ2v) is 6.99. The Morgan fingerprint density at radius 2 is 1.92 bits per heavy atom. The number of nitrogens with one attached hydrogen (secondary N) is 1. The summed E-state index contributed by atoms with van der Waals surface area (Å²) >= 11 is 15.8. The molecule has 2 rings (SSSR count). The van der Waals surface area contributed by atoms with Crippen LogP contribution in [0.15, 0.2) is 34.8 Å². The minimum atomic E-state index is -0.911. The van der Waals surface area contributed by atoms with Gasteiger partial charge in [-0.25, -0.2) is 0 Å². The fraction of sp³-hybridized carbons (Fsp3) is 0.278. The molecule has 0 aromatic heterocycles. The number of hydrogen-bond donors (Lipinski definition) is 2. The summed E-state index contributed by atoms with van der Waals surface area (Å²) in [6.07, 6.45) is 0. The molecule has 0 fully saturated rings. The average Bonchev–Trinajstić information content (AvgIpc) is 2.56. The Labute approximate surface area is 170 Å². The van der Waals surface area contributed by atoms with Gasteiger partial charge >= 0.3 is 5.97 Å². The number of rotatable bonds is 9. The molecule has 0 unspecified atom stereocenters. The SMILES string of the molecule is CCOc1cc(CNCC(=O)O)cc(Br)c1OCc1c(Cl)cccc1Cl. The van der Waals surface area contributed by atoms with Gasteiger partial charge in [-0.3, -0.25) is 4.79 Å². The van der Waals surface area contributed by atoms with E-state index in [0.717, 1.165) is 5.56 Å². The van der Waals surface area contributed by atoms with Gasteiger partial charge in [0.25, 0.3) is 0 Å². The van der Waals surface area contributed by atoms with Crippen molar-refractivity contribution in [3.63, 3.8) is 0 Å². The van der Waals surface area contributed by atoms with Crippen molar-refractivity contribution in [3.05, 3.63) is 56.0 Å². The van der Waals surface area contributed by atoms with E-state index in [1.54, 1.807) is 18.2 Å². The Bertz CT molecular complexity index is 766. The first kappa shape index (κ1) is 20.8. The maximum Gasteiger partial charge on any atom is 0.317 e. The van der Waals surface area contributed by atoms with Crippen molar-refractivity contribution in [3.8, 4) is 11.5 Å². The Kier molecular flexibility index (Phi) is 8.03. The summed E-state index contributed by atoms with van der Waals surface area (Å²) in [4.78, 5) is 10.6. The van der Waals surface area contributed by atoms with Crippen LogP contribution in [0.5, 0.6) is 11.5 Å². The molecule has 5 nitrogen and oxygen atoms in total. The van der Waals surface area contributed by atoms with Crippen LogP contribution in [-0.4, -0.2) is 24.2 Å². The molecule has 0 heterocycles. The Balaban J connectivity index is 2.20. The third-order valence-electron chi connectivity index (χ3n) is 3.40. The monoisotopic (exact) mass is 461 g/mol. The Hall–Kier alpha value is -1.47. The molecule has 0 aliphatic rings. The van der Waals surface area contributed by atoms with Crippen molar-refractivity contribution in [2.75, 3.05) is 13.2 Å². The van der Waals surface area contributed by atoms with Crippen LogP contribution in [0.4, 0.5) is 0 Å². The number of halogens is 3. The summed E-state index contributed by atoms with van der Waals surface area (Å²) in [5.74, 6) is 0.174. The van der Waals surface area contributed by atoms with E-state index >= 15 is 0 Å². The van der Waals surface area contributed by atoms with Crippen LogP contribution in [0.3, 0.4) is 0 Å². The molecule has 8 heteroatoms. The summed E-state index contributed by atoms with van der Waals surface area (Å²) < 4.78 is 12.3. The van der Waals surface area contributed by atoms with Gasteiger partial charge in [-0.2, -0.15) is 0 Å². The van der Waals surface area contributed by atoms with E-state index in [9.17, 15) is 4.79 Å². The number of carbonyl (C=O) groups is 1. The highest BCUT2D eigenvalue weighted by molar-refractivity contribution is 9.10. The zero-order valence-electron chi connectivity index (χ0n) is 14.0. The largest absolute Gasteiger partial charge is 0.490 e. The number of carboxylic acids is 1. The molecule has 0 aliphatic heterocycles. The number of carboxylic acid groups (broad SMARTS) is 1. The zero-order valence-corrected chi connectivity index (χ0v) is 17.1. The predicted octanol–water partition coefficient (Wildman–Crippen LogP) is 4.91. The van der Waals surface area contributed by atoms with Crippen molar-refractivity contribution < 1.29 is 19.4 Å². The summed E-state index contributed by atoms with van der Waals surface area (Å²) in [5.41, 5.74) is 1.56. The molecule has 0 saturated carbocycles. The minimum Gasteiger partial charge on any atom is -0.490 e. The quantitative estimate of drug-likeness (QED) is 0.554. The van der Waals surface area contributed by atoms with Gasteiger partial charge in [0.15, 0.2) is 11.5 Å². The van der Waals surface area contributed by atoms with Crippen LogP contribution in [0.1, 0.15) is 18.1 Å². The number of ether oxygens (including phenoxy) is 2. The molecule has 140 valence electrons. The Morgan fingerprint density at radius 1 is 1.23 bits per heavy atom. The molecule has 0 spiro atoms. The van der Waals surface area contributed by atoms with Gasteiger partial charge in [-0.05, 0) is 52.7 Å². The van der Waals surface area contributed by atoms with Gasteiger partial charge < -0.3 is 19.9 Å². The molecule has 2 aromatic rings. The molecule has 0 bridgehead atoms. The highest BCUT2D eigenvalue weighted by atomic mass is 79.9. The number of hydrogen-bond acceptors (Lipinski definition) is 4. The first-order chi connectivity index (χ1) is 12.4. The third-order valence-corrected chi connectivity index (χ3v) is 4.69. The molecule has 0 aliphatic carbocycles. The van der Waals surface area contributed by atoms with Crippen molar-refractivity contribution in [1.29, 1.82) is 0 Å². The second kappa shape index (κ2) is 10.0. The Morgan fingerprint density at radius 3 is 2.54 bits per heavy atom. The lowest BCUT2D eigenvalue weighted by Crippen LogP contribution is -2.21. The molecule has 26 heavy (non-hydrogen) atoms. The van der Waals surface area contributed by atoms with E-state index in [2.05, 4.69) is 21.2 Å². The van der Waals surface area contributed by atoms with Gasteiger partial charge in [0.1, 0.15) is 6.61 Å². The van der Waals surface area contributed by atoms with Crippen LogP contribution >= 0.6 is 39.1 Å². The molecular weight excluding hydrogens is 445 g/mol. The number of aliphatic carboxylic acids is 1. The minimum absolute atomic E-state index is 0.120. The van der Waals surface area contributed by atoms with Crippen LogP contribution < -0.4 is 14.8 Å². The fourth-order valence-corrected chi connectivity index (χ4v) is 3.37. The van der Waals surface area contributed by atoms with Gasteiger partial charge in [0.05, 0.1) is 17.6 Å². The molecule has 0 saturated heterocycles. The predicted molar refractivity (Wildman–Crippen MR) is 105 cm³/mol. The lowest BCUT2D eigenvalue weighted by atomic mass is 10.2. The van der Waals surface area contributed by atoms with E-state index in [0.29, 0.717) is 44.7 Å². The normalized spacial score (nSPS) is 10.6. The van der Waals surface area contributed by atoms with Crippen molar-refractivity contribution >= 4 is 45.1 Å². The maximum absolute atomic E-state index is 10.6. The molecule has 2 aromatic carbocycles. The van der Waals surface area contributed by atoms with E-state index in [-0.39, 0.29) is 13.2 Å². The van der Waals surface area contributed by atoms with Crippen LogP contribution in [0, 0.1) is 0 Å². The first-order valence-electron chi connectivity index (χ1n) is 7.85. The molecule has 0 atom stereocenters. The first-order valence-corrected chi connectivity index (χ1v) is 9.40. The second-order valence-electron chi connectivity index (χ2n) is 5.32. The molecule has 2 N–H and O–H groups in total. The lowest BCUT2D eigenvalue weighted by molar-refractivity contribution is -0.135. The van der Waals surface area contributed by atoms with Gasteiger partial charge in [0, 0.05) is 22.2 Å². The summed E-state index contributed by atoms with van der Waals surface area (Å²) in [7, 11) is 0. The van der Waals surface area contributed by atoms with Crippen LogP contribution in [0.25, 0.3) is 0 Å². The van der Waals surface area contributed by atoms with Crippen molar-refractivity contribution in [1.82, 2.24) is 5.32 Å². The topological polar surface area (TPSA) is 67.8 Å². The van der Waals surface area contributed by atoms with Gasteiger partial charge in [0.2, 0.25) is 0 Å². The highest BCUT2D eigenvalue weighted by Crippen LogP contribution is 2.38. The standard InChI is InChI=1S/C18H18BrCl2NO4/c1-2-25-16-7-11(8-22-9-17(23)24)6-13(19)18(16)26-10-12-14(20)4-3-5-15(12)21/h3-7,22H,2,8-10H2,1H3,(H,23,24). The van der Waals surface area contributed by atoms with Gasteiger partial charge in [-0.15, -0.1) is 0 Å². The molecule has 0 amide bonds. The molecular formula is C18H18BrCl2NO4. The third kappa shape index (κ3) is 5.77. The van der Waals surface area contributed by atoms with Gasteiger partial charge in [-0.1, -0.05) is 29.3 Å². The van der Waals surface area contributed by atoms with Crippen LogP contribution in [0.2, 0.25) is 10.0 Å². The summed E-state index contributed by atoms with van der Waals surface area (Å²) in [5, 5.41) is 12.6. The molecule has 0 radical (unpaired) electrons. The van der Waals surface area contributed by atoms with E-state index < -0.39 is 5.97 Å². The number of benzene rings is 2. The van der Waals surface area contributed by atoms with Crippen LogP contribution in [-0.2, 0) is 17.9 Å². The van der Waals surface area contributed by atoms with Crippen molar-refractivity contribution in [2.45, 2.75) is 20.1 Å².